The van der Waals surface area contributed by atoms with Gasteiger partial charge < -0.3 is 4.90 Å². The molecule has 0 radical (unpaired) electrons. The molecule has 17 heavy (non-hydrogen) atoms. The summed E-state index contributed by atoms with van der Waals surface area (Å²) >= 11 is 9.26. The lowest BCUT2D eigenvalue weighted by atomic mass is 9.93. The van der Waals surface area contributed by atoms with Crippen LogP contribution < -0.4 is 0 Å². The van der Waals surface area contributed by atoms with Gasteiger partial charge in [-0.2, -0.15) is 0 Å². The molecule has 2 rings (SSSR count). The molecule has 0 bridgehead atoms. The van der Waals surface area contributed by atoms with Crippen molar-refractivity contribution < 1.29 is 4.79 Å². The fourth-order valence-corrected chi connectivity index (χ4v) is 2.59. The second-order valence-corrected chi connectivity index (χ2v) is 6.53. The van der Waals surface area contributed by atoms with E-state index in [0.717, 1.165) is 24.0 Å². The molecule has 4 heteroatoms. The van der Waals surface area contributed by atoms with Crippen LogP contribution in [0.15, 0.2) is 22.7 Å². The first-order valence-electron chi connectivity index (χ1n) is 5.63. The molecule has 1 saturated heterocycles. The van der Waals surface area contributed by atoms with Crippen LogP contribution >= 0.6 is 27.5 Å². The molecule has 0 saturated carbocycles. The Kier molecular flexibility index (Phi) is 3.50. The number of amides is 1. The molecule has 1 fully saturated rings. The van der Waals surface area contributed by atoms with E-state index in [4.69, 9.17) is 11.6 Å². The summed E-state index contributed by atoms with van der Waals surface area (Å²) in [5.74, 6) is 0.0907. The van der Waals surface area contributed by atoms with Gasteiger partial charge in [0.15, 0.2) is 0 Å². The summed E-state index contributed by atoms with van der Waals surface area (Å²) in [6.45, 7) is 6.05. The molecular weight excluding hydrogens is 302 g/mol. The Morgan fingerprint density at radius 2 is 2.18 bits per heavy atom. The standard InChI is InChI=1S/C13H15BrClNO/c1-13(2)5-6-16(8-13)12(17)9-3-4-11(15)10(14)7-9/h3-4,7H,5-6,8H2,1-2H3. The smallest absolute Gasteiger partial charge is 0.253 e. The Bertz CT molecular complexity index is 459. The van der Waals surface area contributed by atoms with Crippen molar-refractivity contribution in [3.63, 3.8) is 0 Å². The van der Waals surface area contributed by atoms with Crippen LogP contribution in [0.2, 0.25) is 5.02 Å². The van der Waals surface area contributed by atoms with Gasteiger partial charge in [-0.1, -0.05) is 25.4 Å². The van der Waals surface area contributed by atoms with Gasteiger partial charge >= 0.3 is 0 Å². The Morgan fingerprint density at radius 1 is 1.47 bits per heavy atom. The van der Waals surface area contributed by atoms with Crippen LogP contribution in [0.4, 0.5) is 0 Å². The topological polar surface area (TPSA) is 20.3 Å². The predicted molar refractivity (Wildman–Crippen MR) is 73.5 cm³/mol. The zero-order valence-corrected chi connectivity index (χ0v) is 12.3. The van der Waals surface area contributed by atoms with Gasteiger partial charge in [0.1, 0.15) is 0 Å². The van der Waals surface area contributed by atoms with Crippen molar-refractivity contribution >= 4 is 33.4 Å². The van der Waals surface area contributed by atoms with Crippen molar-refractivity contribution in [3.05, 3.63) is 33.3 Å². The highest BCUT2D eigenvalue weighted by molar-refractivity contribution is 9.10. The van der Waals surface area contributed by atoms with Crippen LogP contribution in [-0.4, -0.2) is 23.9 Å². The van der Waals surface area contributed by atoms with Crippen LogP contribution in [0, 0.1) is 5.41 Å². The molecule has 0 atom stereocenters. The van der Waals surface area contributed by atoms with Gasteiger partial charge in [0.05, 0.1) is 5.02 Å². The fourth-order valence-electron chi connectivity index (χ4n) is 2.10. The van der Waals surface area contributed by atoms with E-state index in [1.807, 2.05) is 4.90 Å². The largest absolute Gasteiger partial charge is 0.338 e. The maximum atomic E-state index is 12.3. The number of hydrogen-bond acceptors (Lipinski definition) is 1. The van der Waals surface area contributed by atoms with Crippen LogP contribution in [0.3, 0.4) is 0 Å². The zero-order chi connectivity index (χ0) is 12.6. The maximum absolute atomic E-state index is 12.3. The van der Waals surface area contributed by atoms with Gasteiger partial charge in [0.2, 0.25) is 0 Å². The summed E-state index contributed by atoms with van der Waals surface area (Å²) in [5, 5.41) is 0.628. The SMILES string of the molecule is CC1(C)CCN(C(=O)c2ccc(Cl)c(Br)c2)C1. The number of benzene rings is 1. The van der Waals surface area contributed by atoms with Gasteiger partial charge in [0.25, 0.3) is 5.91 Å². The summed E-state index contributed by atoms with van der Waals surface area (Å²) in [5.41, 5.74) is 0.929. The van der Waals surface area contributed by atoms with Crippen molar-refractivity contribution in [2.45, 2.75) is 20.3 Å². The number of rotatable bonds is 1. The number of carbonyl (C=O) groups excluding carboxylic acids is 1. The average molecular weight is 317 g/mol. The monoisotopic (exact) mass is 315 g/mol. The normalized spacial score (nSPS) is 18.5. The van der Waals surface area contributed by atoms with Crippen molar-refractivity contribution in [3.8, 4) is 0 Å². The minimum Gasteiger partial charge on any atom is -0.338 e. The molecule has 1 amide bonds. The number of carbonyl (C=O) groups is 1. The molecular formula is C13H15BrClNO. The second kappa shape index (κ2) is 4.62. The highest BCUT2D eigenvalue weighted by atomic mass is 79.9. The van der Waals surface area contributed by atoms with Crippen LogP contribution in [0.5, 0.6) is 0 Å². The van der Waals surface area contributed by atoms with E-state index in [0.29, 0.717) is 10.6 Å². The molecule has 0 aliphatic carbocycles. The Balaban J connectivity index is 2.18. The number of likely N-dealkylation sites (tertiary alicyclic amines) is 1. The van der Waals surface area contributed by atoms with Crippen molar-refractivity contribution in [1.82, 2.24) is 4.90 Å². The minimum atomic E-state index is 0.0907. The highest BCUT2D eigenvalue weighted by Crippen LogP contribution is 2.30. The van der Waals surface area contributed by atoms with E-state index in [1.54, 1.807) is 18.2 Å². The lowest BCUT2D eigenvalue weighted by Gasteiger charge is -2.20. The molecule has 0 aromatic heterocycles. The summed E-state index contributed by atoms with van der Waals surface area (Å²) in [6.07, 6.45) is 1.06. The molecule has 1 aliphatic rings. The van der Waals surface area contributed by atoms with E-state index in [1.165, 1.54) is 0 Å². The van der Waals surface area contributed by atoms with Crippen LogP contribution in [0.1, 0.15) is 30.6 Å². The predicted octanol–water partition coefficient (Wildman–Crippen LogP) is 3.97. The minimum absolute atomic E-state index is 0.0907. The molecule has 2 nitrogen and oxygen atoms in total. The van der Waals surface area contributed by atoms with Crippen molar-refractivity contribution in [2.75, 3.05) is 13.1 Å². The molecule has 1 aromatic rings. The van der Waals surface area contributed by atoms with Crippen LogP contribution in [0.25, 0.3) is 0 Å². The van der Waals surface area contributed by atoms with E-state index in [2.05, 4.69) is 29.8 Å². The molecule has 1 heterocycles. The zero-order valence-electron chi connectivity index (χ0n) is 9.96. The number of halogens is 2. The van der Waals surface area contributed by atoms with E-state index >= 15 is 0 Å². The third kappa shape index (κ3) is 2.83. The lowest BCUT2D eigenvalue weighted by Crippen LogP contribution is -2.30. The quantitative estimate of drug-likeness (QED) is 0.767. The number of hydrogen-bond donors (Lipinski definition) is 0. The average Bonchev–Trinajstić information content (AvgIpc) is 2.62. The first kappa shape index (κ1) is 12.9. The Morgan fingerprint density at radius 3 is 2.71 bits per heavy atom. The van der Waals surface area contributed by atoms with Gasteiger partial charge in [-0.15, -0.1) is 0 Å². The van der Waals surface area contributed by atoms with Gasteiger partial charge in [0, 0.05) is 23.1 Å². The highest BCUT2D eigenvalue weighted by Gasteiger charge is 2.32. The maximum Gasteiger partial charge on any atom is 0.253 e. The molecule has 0 spiro atoms. The van der Waals surface area contributed by atoms with Gasteiger partial charge in [-0.3, -0.25) is 4.79 Å². The molecule has 1 aromatic carbocycles. The van der Waals surface area contributed by atoms with Gasteiger partial charge in [-0.25, -0.2) is 0 Å². The van der Waals surface area contributed by atoms with Crippen molar-refractivity contribution in [2.24, 2.45) is 5.41 Å². The van der Waals surface area contributed by atoms with E-state index < -0.39 is 0 Å². The summed E-state index contributed by atoms with van der Waals surface area (Å²) in [4.78, 5) is 14.2. The van der Waals surface area contributed by atoms with Crippen LogP contribution in [-0.2, 0) is 0 Å². The van der Waals surface area contributed by atoms with E-state index in [9.17, 15) is 4.79 Å². The first-order valence-corrected chi connectivity index (χ1v) is 6.80. The lowest BCUT2D eigenvalue weighted by molar-refractivity contribution is 0.0778. The fraction of sp³-hybridized carbons (Fsp3) is 0.462. The molecule has 1 aliphatic heterocycles. The summed E-state index contributed by atoms with van der Waals surface area (Å²) in [6, 6.07) is 5.32. The third-order valence-corrected chi connectivity index (χ3v) is 4.35. The molecule has 0 unspecified atom stereocenters. The second-order valence-electron chi connectivity index (χ2n) is 5.27. The third-order valence-electron chi connectivity index (χ3n) is 3.13. The molecule has 0 N–H and O–H groups in total. The summed E-state index contributed by atoms with van der Waals surface area (Å²) in [7, 11) is 0. The van der Waals surface area contributed by atoms with Gasteiger partial charge in [-0.05, 0) is 46.0 Å². The first-order chi connectivity index (χ1) is 7.89. The van der Waals surface area contributed by atoms with Crippen molar-refractivity contribution in [1.29, 1.82) is 0 Å². The Labute approximate surface area is 115 Å². The summed E-state index contributed by atoms with van der Waals surface area (Å²) < 4.78 is 0.767. The Hall–Kier alpha value is -0.540. The van der Waals surface area contributed by atoms with E-state index in [-0.39, 0.29) is 11.3 Å². The number of nitrogens with zero attached hydrogens (tertiary/aromatic N) is 1. The molecule has 92 valence electrons.